The van der Waals surface area contributed by atoms with Gasteiger partial charge in [0.1, 0.15) is 5.82 Å². The molecule has 1 aromatic carbocycles. The molecule has 0 spiro atoms. The molecule has 3 rings (SSSR count). The molecular weight excluding hydrogens is 345 g/mol. The van der Waals surface area contributed by atoms with E-state index in [2.05, 4.69) is 5.32 Å². The Hall–Kier alpha value is -1.51. The van der Waals surface area contributed by atoms with Crippen LogP contribution in [0.25, 0.3) is 0 Å². The molecule has 1 amide bonds. The zero-order chi connectivity index (χ0) is 17.9. The minimum Gasteiger partial charge on any atom is -0.341 e. The Morgan fingerprint density at radius 1 is 1.08 bits per heavy atom. The quantitative estimate of drug-likeness (QED) is 0.865. The van der Waals surface area contributed by atoms with Gasteiger partial charge in [-0.2, -0.15) is 4.31 Å². The lowest BCUT2D eigenvalue weighted by atomic mass is 9.98. The number of carbonyl (C=O) groups excluding carboxylic acids is 1. The highest BCUT2D eigenvalue weighted by atomic mass is 32.2. The van der Waals surface area contributed by atoms with Crippen LogP contribution < -0.4 is 5.32 Å². The van der Waals surface area contributed by atoms with Gasteiger partial charge in [-0.3, -0.25) is 4.79 Å². The minimum absolute atomic E-state index is 0.0442. The van der Waals surface area contributed by atoms with Gasteiger partial charge >= 0.3 is 0 Å². The Bertz CT molecular complexity index is 700. The maximum Gasteiger partial charge on any atom is 0.243 e. The molecule has 0 saturated carbocycles. The topological polar surface area (TPSA) is 69.7 Å². The number of halogens is 1. The number of nitrogens with one attached hydrogen (secondary N) is 1. The molecule has 0 aromatic heterocycles. The average Bonchev–Trinajstić information content (AvgIpc) is 2.91. The molecule has 1 unspecified atom stereocenters. The normalized spacial score (nSPS) is 23.2. The summed E-state index contributed by atoms with van der Waals surface area (Å²) >= 11 is 0. The van der Waals surface area contributed by atoms with Crippen LogP contribution in [0.15, 0.2) is 29.2 Å². The number of rotatable bonds is 3. The first kappa shape index (κ1) is 18.3. The molecule has 0 aliphatic carbocycles. The summed E-state index contributed by atoms with van der Waals surface area (Å²) in [6, 6.07) is 4.83. The van der Waals surface area contributed by atoms with Gasteiger partial charge in [-0.1, -0.05) is 0 Å². The van der Waals surface area contributed by atoms with Gasteiger partial charge in [0.25, 0.3) is 0 Å². The van der Waals surface area contributed by atoms with Gasteiger partial charge in [-0.25, -0.2) is 12.8 Å². The second-order valence-corrected chi connectivity index (χ2v) is 8.52. The van der Waals surface area contributed by atoms with Crippen LogP contribution in [0.5, 0.6) is 0 Å². The van der Waals surface area contributed by atoms with Crippen molar-refractivity contribution in [2.75, 3.05) is 39.3 Å². The fourth-order valence-corrected chi connectivity index (χ4v) is 4.97. The van der Waals surface area contributed by atoms with Crippen molar-refractivity contribution >= 4 is 15.9 Å². The maximum atomic E-state index is 13.1. The van der Waals surface area contributed by atoms with E-state index < -0.39 is 15.8 Å². The highest BCUT2D eigenvalue weighted by molar-refractivity contribution is 7.89. The molecule has 138 valence electrons. The fourth-order valence-electron chi connectivity index (χ4n) is 3.44. The number of amides is 1. The Morgan fingerprint density at radius 3 is 2.60 bits per heavy atom. The van der Waals surface area contributed by atoms with Gasteiger partial charge in [0.15, 0.2) is 0 Å². The second-order valence-electron chi connectivity index (χ2n) is 6.58. The van der Waals surface area contributed by atoms with Crippen LogP contribution in [0.4, 0.5) is 4.39 Å². The number of piperidine rings is 1. The molecule has 6 nitrogen and oxygen atoms in total. The number of hydrogen-bond donors (Lipinski definition) is 1. The smallest absolute Gasteiger partial charge is 0.243 e. The summed E-state index contributed by atoms with van der Waals surface area (Å²) < 4.78 is 40.0. The van der Waals surface area contributed by atoms with E-state index in [0.717, 1.165) is 31.6 Å². The first-order valence-electron chi connectivity index (χ1n) is 8.74. The van der Waals surface area contributed by atoms with Crippen LogP contribution in [-0.2, 0) is 14.8 Å². The van der Waals surface area contributed by atoms with Crippen molar-refractivity contribution in [3.8, 4) is 0 Å². The van der Waals surface area contributed by atoms with Crippen molar-refractivity contribution in [3.63, 3.8) is 0 Å². The Labute approximate surface area is 148 Å². The van der Waals surface area contributed by atoms with Crippen molar-refractivity contribution in [2.45, 2.75) is 24.2 Å². The largest absolute Gasteiger partial charge is 0.341 e. The third-order valence-electron chi connectivity index (χ3n) is 4.84. The van der Waals surface area contributed by atoms with Crippen LogP contribution in [0, 0.1) is 11.7 Å². The molecule has 2 aliphatic heterocycles. The molecule has 2 fully saturated rings. The van der Waals surface area contributed by atoms with Crippen molar-refractivity contribution in [2.24, 2.45) is 5.92 Å². The van der Waals surface area contributed by atoms with E-state index in [1.165, 1.54) is 16.4 Å². The summed E-state index contributed by atoms with van der Waals surface area (Å²) in [6.45, 7) is 3.65. The predicted molar refractivity (Wildman–Crippen MR) is 91.9 cm³/mol. The first-order chi connectivity index (χ1) is 12.0. The molecule has 25 heavy (non-hydrogen) atoms. The fraction of sp³-hybridized carbons (Fsp3) is 0.588. The minimum atomic E-state index is -3.70. The Kier molecular flexibility index (Phi) is 5.71. The first-order valence-corrected chi connectivity index (χ1v) is 10.2. The van der Waals surface area contributed by atoms with E-state index in [-0.39, 0.29) is 23.3 Å². The van der Waals surface area contributed by atoms with Crippen LogP contribution in [0.2, 0.25) is 0 Å². The second kappa shape index (κ2) is 7.80. The molecule has 2 aliphatic rings. The van der Waals surface area contributed by atoms with E-state index >= 15 is 0 Å². The SMILES string of the molecule is O=C(C1CCCN(S(=O)(=O)c2ccc(F)cc2)C1)N1CCCNCC1. The lowest BCUT2D eigenvalue weighted by Crippen LogP contribution is -2.47. The number of benzene rings is 1. The predicted octanol–water partition coefficient (Wildman–Crippen LogP) is 1.05. The van der Waals surface area contributed by atoms with Gasteiger partial charge < -0.3 is 10.2 Å². The van der Waals surface area contributed by atoms with Crippen molar-refractivity contribution in [3.05, 3.63) is 30.1 Å². The van der Waals surface area contributed by atoms with Crippen LogP contribution in [-0.4, -0.2) is 62.8 Å². The lowest BCUT2D eigenvalue weighted by molar-refractivity contribution is -0.136. The number of sulfonamides is 1. The van der Waals surface area contributed by atoms with Gasteiger partial charge in [0.05, 0.1) is 10.8 Å². The summed E-state index contributed by atoms with van der Waals surface area (Å²) in [5.41, 5.74) is 0. The summed E-state index contributed by atoms with van der Waals surface area (Å²) in [5, 5.41) is 3.26. The average molecular weight is 369 g/mol. The highest BCUT2D eigenvalue weighted by Crippen LogP contribution is 2.25. The lowest BCUT2D eigenvalue weighted by Gasteiger charge is -2.34. The Balaban J connectivity index is 1.71. The third kappa shape index (κ3) is 4.19. The van der Waals surface area contributed by atoms with E-state index in [1.54, 1.807) is 0 Å². The standard InChI is InChI=1S/C17H24FN3O3S/c18-15-4-6-16(7-5-15)25(23,24)21-11-1-3-14(13-21)17(22)20-10-2-8-19-9-12-20/h4-7,14,19H,1-3,8-13H2. The zero-order valence-electron chi connectivity index (χ0n) is 14.2. The molecule has 2 saturated heterocycles. The van der Waals surface area contributed by atoms with Crippen molar-refractivity contribution in [1.82, 2.24) is 14.5 Å². The maximum absolute atomic E-state index is 13.1. The molecule has 8 heteroatoms. The van der Waals surface area contributed by atoms with E-state index in [4.69, 9.17) is 0 Å². The summed E-state index contributed by atoms with van der Waals surface area (Å²) in [5.74, 6) is -0.731. The summed E-state index contributed by atoms with van der Waals surface area (Å²) in [7, 11) is -3.70. The van der Waals surface area contributed by atoms with E-state index in [9.17, 15) is 17.6 Å². The molecule has 0 bridgehead atoms. The molecule has 1 aromatic rings. The molecular formula is C17H24FN3O3S. The van der Waals surface area contributed by atoms with Crippen LogP contribution >= 0.6 is 0 Å². The Morgan fingerprint density at radius 2 is 1.84 bits per heavy atom. The number of hydrogen-bond acceptors (Lipinski definition) is 4. The third-order valence-corrected chi connectivity index (χ3v) is 6.72. The monoisotopic (exact) mass is 369 g/mol. The summed E-state index contributed by atoms with van der Waals surface area (Å²) in [4.78, 5) is 14.7. The summed E-state index contributed by atoms with van der Waals surface area (Å²) in [6.07, 6.45) is 2.27. The number of nitrogens with zero attached hydrogens (tertiary/aromatic N) is 2. The highest BCUT2D eigenvalue weighted by Gasteiger charge is 2.35. The molecule has 0 radical (unpaired) electrons. The number of carbonyl (C=O) groups is 1. The zero-order valence-corrected chi connectivity index (χ0v) is 15.0. The van der Waals surface area contributed by atoms with E-state index in [1.807, 2.05) is 4.90 Å². The molecule has 1 atom stereocenters. The van der Waals surface area contributed by atoms with Crippen LogP contribution in [0.1, 0.15) is 19.3 Å². The molecule has 1 N–H and O–H groups in total. The van der Waals surface area contributed by atoms with Crippen molar-refractivity contribution < 1.29 is 17.6 Å². The van der Waals surface area contributed by atoms with Crippen molar-refractivity contribution in [1.29, 1.82) is 0 Å². The van der Waals surface area contributed by atoms with Gasteiger partial charge in [-0.05, 0) is 50.1 Å². The van der Waals surface area contributed by atoms with Gasteiger partial charge in [0.2, 0.25) is 15.9 Å². The molecule has 2 heterocycles. The van der Waals surface area contributed by atoms with Gasteiger partial charge in [0, 0.05) is 32.7 Å². The van der Waals surface area contributed by atoms with Gasteiger partial charge in [-0.15, -0.1) is 0 Å². The van der Waals surface area contributed by atoms with Crippen LogP contribution in [0.3, 0.4) is 0 Å². The van der Waals surface area contributed by atoms with E-state index in [0.29, 0.717) is 32.5 Å².